The minimum absolute atomic E-state index is 0. The third-order valence-corrected chi connectivity index (χ3v) is 1.07. The van der Waals surface area contributed by atoms with Gasteiger partial charge in [0.15, 0.2) is 0 Å². The van der Waals surface area contributed by atoms with E-state index < -0.39 is 0 Å². The van der Waals surface area contributed by atoms with E-state index in [1.165, 1.54) is 25.7 Å². The zero-order valence-corrected chi connectivity index (χ0v) is 8.81. The summed E-state index contributed by atoms with van der Waals surface area (Å²) >= 11 is 0. The number of hydrogen-bond acceptors (Lipinski definition) is 0. The van der Waals surface area contributed by atoms with E-state index in [2.05, 4.69) is 27.2 Å². The monoisotopic (exact) mass is 150 g/mol. The van der Waals surface area contributed by atoms with Crippen LogP contribution in [0.1, 0.15) is 39.5 Å². The van der Waals surface area contributed by atoms with Crippen LogP contribution in [0.3, 0.4) is 0 Å². The molecule has 1 fully saturated rings. The van der Waals surface area contributed by atoms with Gasteiger partial charge in [0.2, 0.25) is 0 Å². The van der Waals surface area contributed by atoms with E-state index in [-0.39, 0.29) is 23.1 Å². The summed E-state index contributed by atoms with van der Waals surface area (Å²) in [6, 6.07) is 0. The van der Waals surface area contributed by atoms with E-state index >= 15 is 0 Å². The van der Waals surface area contributed by atoms with Gasteiger partial charge < -0.3 is 13.3 Å². The molecule has 0 saturated heterocycles. The van der Waals surface area contributed by atoms with Crippen LogP contribution < -0.4 is 0 Å². The molecule has 1 aliphatic rings. The summed E-state index contributed by atoms with van der Waals surface area (Å²) in [6.07, 6.45) is 8.00. The SMILES string of the molecule is [CH-]1CCCC1.[CH2-]C(C)C.[Mg+2]. The van der Waals surface area contributed by atoms with E-state index in [1.807, 2.05) is 0 Å². The van der Waals surface area contributed by atoms with Crippen LogP contribution in [0.2, 0.25) is 0 Å². The van der Waals surface area contributed by atoms with Crippen LogP contribution in [0.4, 0.5) is 0 Å². The van der Waals surface area contributed by atoms with Gasteiger partial charge in [-0.1, -0.05) is 26.7 Å². The molecule has 0 N–H and O–H groups in total. The maximum absolute atomic E-state index is 3.64. The topological polar surface area (TPSA) is 0 Å². The minimum atomic E-state index is 0. The Hall–Kier alpha value is 0.766. The number of rotatable bonds is 0. The van der Waals surface area contributed by atoms with Crippen LogP contribution in [0, 0.1) is 19.3 Å². The van der Waals surface area contributed by atoms with E-state index in [1.54, 1.807) is 0 Å². The van der Waals surface area contributed by atoms with Crippen molar-refractivity contribution in [2.75, 3.05) is 0 Å². The normalized spacial score (nSPS) is 15.6. The smallest absolute Gasteiger partial charge is 0.341 e. The van der Waals surface area contributed by atoms with E-state index in [4.69, 9.17) is 0 Å². The molecule has 0 atom stereocenters. The summed E-state index contributed by atoms with van der Waals surface area (Å²) in [6.45, 7) is 7.75. The van der Waals surface area contributed by atoms with Gasteiger partial charge in [0.25, 0.3) is 0 Å². The summed E-state index contributed by atoms with van der Waals surface area (Å²) < 4.78 is 0. The Morgan fingerprint density at radius 2 is 1.50 bits per heavy atom. The molecule has 1 heteroatoms. The summed E-state index contributed by atoms with van der Waals surface area (Å²) in [5.74, 6) is 0.583. The van der Waals surface area contributed by atoms with Crippen molar-refractivity contribution in [3.05, 3.63) is 13.3 Å². The fourth-order valence-electron chi connectivity index (χ4n) is 0.722. The molecule has 0 nitrogen and oxygen atoms in total. The summed E-state index contributed by atoms with van der Waals surface area (Å²) in [7, 11) is 0. The quantitative estimate of drug-likeness (QED) is 0.368. The van der Waals surface area contributed by atoms with E-state index in [9.17, 15) is 0 Å². The molecule has 10 heavy (non-hydrogen) atoms. The third-order valence-electron chi connectivity index (χ3n) is 1.07. The Morgan fingerprint density at radius 1 is 1.20 bits per heavy atom. The average molecular weight is 151 g/mol. The van der Waals surface area contributed by atoms with E-state index in [0.29, 0.717) is 5.92 Å². The van der Waals surface area contributed by atoms with Crippen molar-refractivity contribution in [1.29, 1.82) is 0 Å². The van der Waals surface area contributed by atoms with Crippen molar-refractivity contribution in [3.63, 3.8) is 0 Å². The predicted octanol–water partition coefficient (Wildman–Crippen LogP) is 2.86. The Bertz CT molecular complexity index is 36.3. The fourth-order valence-corrected chi connectivity index (χ4v) is 0.722. The van der Waals surface area contributed by atoms with Gasteiger partial charge >= 0.3 is 23.1 Å². The molecule has 0 bridgehead atoms. The number of hydrogen-bond donors (Lipinski definition) is 0. The first-order valence-corrected chi connectivity index (χ1v) is 3.88. The van der Waals surface area contributed by atoms with Crippen LogP contribution in [0.25, 0.3) is 0 Å². The molecule has 0 aromatic carbocycles. The summed E-state index contributed by atoms with van der Waals surface area (Å²) in [5, 5.41) is 0. The molecule has 0 radical (unpaired) electrons. The average Bonchev–Trinajstić information content (AvgIpc) is 2.11. The zero-order chi connectivity index (χ0) is 7.11. The Morgan fingerprint density at radius 3 is 1.60 bits per heavy atom. The molecule has 0 unspecified atom stereocenters. The molecule has 0 amide bonds. The Balaban J connectivity index is 0. The van der Waals surface area contributed by atoms with Crippen molar-refractivity contribution in [1.82, 2.24) is 0 Å². The van der Waals surface area contributed by atoms with Crippen LogP contribution in [0.5, 0.6) is 0 Å². The molecule has 0 aliphatic heterocycles. The maximum Gasteiger partial charge on any atom is 2.00 e. The zero-order valence-electron chi connectivity index (χ0n) is 7.40. The van der Waals surface area contributed by atoms with Crippen LogP contribution in [-0.2, 0) is 0 Å². The maximum atomic E-state index is 3.64. The molecule has 56 valence electrons. The van der Waals surface area contributed by atoms with Gasteiger partial charge in [0.05, 0.1) is 0 Å². The molecule has 0 aromatic rings. The Kier molecular flexibility index (Phi) is 13.1. The van der Waals surface area contributed by atoms with Gasteiger partial charge in [-0.15, -0.1) is 0 Å². The summed E-state index contributed by atoms with van der Waals surface area (Å²) in [5.41, 5.74) is 0. The first kappa shape index (κ1) is 13.4. The standard InChI is InChI=1S/C5H9.C4H9.Mg/c1-2-4-5-3-1;1-4(2)3;/h1H,2-5H2;4H,1H2,2-3H3;/q2*-1;+2. The van der Waals surface area contributed by atoms with Gasteiger partial charge in [-0.3, -0.25) is 0 Å². The van der Waals surface area contributed by atoms with Gasteiger partial charge in [0.1, 0.15) is 0 Å². The van der Waals surface area contributed by atoms with Crippen LogP contribution >= 0.6 is 0 Å². The van der Waals surface area contributed by atoms with Crippen molar-refractivity contribution >= 4 is 23.1 Å². The summed E-state index contributed by atoms with van der Waals surface area (Å²) in [4.78, 5) is 0. The first-order valence-electron chi connectivity index (χ1n) is 3.88. The van der Waals surface area contributed by atoms with Crippen LogP contribution in [-0.4, -0.2) is 23.1 Å². The second-order valence-corrected chi connectivity index (χ2v) is 2.97. The second-order valence-electron chi connectivity index (χ2n) is 2.97. The minimum Gasteiger partial charge on any atom is -0.341 e. The molecule has 1 saturated carbocycles. The molecule has 0 spiro atoms. The molecule has 0 heterocycles. The van der Waals surface area contributed by atoms with Gasteiger partial charge in [-0.25, -0.2) is 0 Å². The fraction of sp³-hybridized carbons (Fsp3) is 0.778. The van der Waals surface area contributed by atoms with Gasteiger partial charge in [0, 0.05) is 0 Å². The molecular weight excluding hydrogens is 132 g/mol. The first-order chi connectivity index (χ1) is 4.23. The van der Waals surface area contributed by atoms with E-state index in [0.717, 1.165) is 0 Å². The molecule has 1 rings (SSSR count). The second kappa shape index (κ2) is 9.77. The predicted molar refractivity (Wildman–Crippen MR) is 48.7 cm³/mol. The van der Waals surface area contributed by atoms with Crippen molar-refractivity contribution in [2.45, 2.75) is 39.5 Å². The van der Waals surface area contributed by atoms with Crippen molar-refractivity contribution in [3.8, 4) is 0 Å². The molecular formula is C9H18Mg. The van der Waals surface area contributed by atoms with Gasteiger partial charge in [-0.05, 0) is 0 Å². The van der Waals surface area contributed by atoms with Crippen molar-refractivity contribution in [2.24, 2.45) is 5.92 Å². The molecule has 0 aromatic heterocycles. The Labute approximate surface area is 81.9 Å². The van der Waals surface area contributed by atoms with Crippen molar-refractivity contribution < 1.29 is 0 Å². The van der Waals surface area contributed by atoms with Gasteiger partial charge in [-0.2, -0.15) is 18.8 Å². The van der Waals surface area contributed by atoms with Crippen LogP contribution in [0.15, 0.2) is 0 Å². The third kappa shape index (κ3) is 15.9. The molecule has 1 aliphatic carbocycles. The largest absolute Gasteiger partial charge is 2.00 e.